The molecule has 1 aromatic heterocycles. The van der Waals surface area contributed by atoms with Gasteiger partial charge in [-0.05, 0) is 36.9 Å². The smallest absolute Gasteiger partial charge is 0.313 e. The van der Waals surface area contributed by atoms with E-state index in [4.69, 9.17) is 0 Å². The molecule has 0 aliphatic heterocycles. The van der Waals surface area contributed by atoms with Crippen LogP contribution in [-0.2, 0) is 17.3 Å². The van der Waals surface area contributed by atoms with Crippen LogP contribution in [0.15, 0.2) is 30.5 Å². The molecule has 0 aliphatic carbocycles. The molecule has 16 heavy (non-hydrogen) atoms. The van der Waals surface area contributed by atoms with Gasteiger partial charge in [0.15, 0.2) is 0 Å². The second-order valence-corrected chi connectivity index (χ2v) is 4.63. The Morgan fingerprint density at radius 3 is 2.62 bits per heavy atom. The highest BCUT2D eigenvalue weighted by Gasteiger charge is 2.29. The fourth-order valence-corrected chi connectivity index (χ4v) is 1.77. The third-order valence-electron chi connectivity index (χ3n) is 3.14. The topological polar surface area (TPSA) is 42.2 Å². The molecular weight excluding hydrogens is 202 g/mol. The Morgan fingerprint density at radius 2 is 2.00 bits per heavy atom. The Morgan fingerprint density at radius 1 is 1.31 bits per heavy atom. The summed E-state index contributed by atoms with van der Waals surface area (Å²) in [6, 6.07) is 7.82. The zero-order chi connectivity index (χ0) is 11.9. The van der Waals surface area contributed by atoms with Gasteiger partial charge < -0.3 is 9.67 Å². The largest absolute Gasteiger partial charge is 0.481 e. The van der Waals surface area contributed by atoms with E-state index in [1.165, 1.54) is 0 Å². The second-order valence-electron chi connectivity index (χ2n) is 4.63. The summed E-state index contributed by atoms with van der Waals surface area (Å²) in [7, 11) is 1.96. The molecule has 2 aromatic rings. The summed E-state index contributed by atoms with van der Waals surface area (Å²) in [6.07, 6.45) is 1.97. The fraction of sp³-hybridized carbons (Fsp3) is 0.308. The van der Waals surface area contributed by atoms with Crippen LogP contribution in [-0.4, -0.2) is 15.6 Å². The highest BCUT2D eigenvalue weighted by Crippen LogP contribution is 2.27. The molecule has 3 nitrogen and oxygen atoms in total. The molecule has 0 unspecified atom stereocenters. The van der Waals surface area contributed by atoms with Crippen LogP contribution in [0.1, 0.15) is 19.4 Å². The van der Waals surface area contributed by atoms with E-state index in [0.717, 1.165) is 16.5 Å². The van der Waals surface area contributed by atoms with Gasteiger partial charge in [-0.3, -0.25) is 4.79 Å². The molecule has 0 spiro atoms. The minimum atomic E-state index is -0.849. The molecule has 84 valence electrons. The van der Waals surface area contributed by atoms with Gasteiger partial charge in [-0.15, -0.1) is 0 Å². The van der Waals surface area contributed by atoms with E-state index >= 15 is 0 Å². The van der Waals surface area contributed by atoms with Crippen molar-refractivity contribution in [3.05, 3.63) is 36.0 Å². The Hall–Kier alpha value is -1.77. The number of carboxylic acid groups (broad SMARTS) is 1. The van der Waals surface area contributed by atoms with E-state index in [2.05, 4.69) is 0 Å². The average Bonchev–Trinajstić information content (AvgIpc) is 2.60. The lowest BCUT2D eigenvalue weighted by atomic mass is 9.84. The molecule has 0 atom stereocenters. The first-order valence-electron chi connectivity index (χ1n) is 5.22. The summed E-state index contributed by atoms with van der Waals surface area (Å²) in [6.45, 7) is 3.44. The minimum absolute atomic E-state index is 0.805. The molecule has 0 amide bonds. The second kappa shape index (κ2) is 3.37. The Bertz CT molecular complexity index is 552. The fourth-order valence-electron chi connectivity index (χ4n) is 1.77. The van der Waals surface area contributed by atoms with E-state index in [-0.39, 0.29) is 0 Å². The van der Waals surface area contributed by atoms with Crippen LogP contribution in [0, 0.1) is 0 Å². The van der Waals surface area contributed by atoms with Crippen molar-refractivity contribution in [2.75, 3.05) is 0 Å². The first kappa shape index (κ1) is 10.7. The molecule has 1 aromatic carbocycles. The Labute approximate surface area is 94.3 Å². The molecule has 0 saturated carbocycles. The molecule has 0 fully saturated rings. The van der Waals surface area contributed by atoms with Crippen molar-refractivity contribution in [1.29, 1.82) is 0 Å². The number of rotatable bonds is 2. The van der Waals surface area contributed by atoms with E-state index in [0.29, 0.717) is 0 Å². The summed E-state index contributed by atoms with van der Waals surface area (Å²) in [5, 5.41) is 10.3. The number of hydrogen-bond acceptors (Lipinski definition) is 1. The van der Waals surface area contributed by atoms with Crippen LogP contribution >= 0.6 is 0 Å². The van der Waals surface area contributed by atoms with Gasteiger partial charge in [-0.25, -0.2) is 0 Å². The summed E-state index contributed by atoms with van der Waals surface area (Å²) in [5.41, 5.74) is 1.04. The molecule has 0 saturated heterocycles. The maximum absolute atomic E-state index is 11.2. The molecule has 2 rings (SSSR count). The zero-order valence-electron chi connectivity index (χ0n) is 9.69. The predicted molar refractivity (Wildman–Crippen MR) is 63.6 cm³/mol. The van der Waals surface area contributed by atoms with Crippen molar-refractivity contribution < 1.29 is 9.90 Å². The quantitative estimate of drug-likeness (QED) is 0.840. The van der Waals surface area contributed by atoms with Gasteiger partial charge in [0.1, 0.15) is 0 Å². The van der Waals surface area contributed by atoms with Crippen LogP contribution in [0.25, 0.3) is 10.9 Å². The number of carboxylic acids is 1. The maximum atomic E-state index is 11.2. The van der Waals surface area contributed by atoms with Crippen LogP contribution in [0.3, 0.4) is 0 Å². The third kappa shape index (κ3) is 1.48. The molecule has 3 heteroatoms. The number of aromatic nitrogens is 1. The summed E-state index contributed by atoms with van der Waals surface area (Å²) in [4.78, 5) is 11.2. The monoisotopic (exact) mass is 217 g/mol. The standard InChI is InChI=1S/C13H15NO2/c1-13(2,12(15)16)10-5-4-9-6-7-14(3)11(9)8-10/h4-8H,1-3H3,(H,15,16). The van der Waals surface area contributed by atoms with Gasteiger partial charge in [-0.2, -0.15) is 0 Å². The molecule has 0 aliphatic rings. The van der Waals surface area contributed by atoms with Crippen molar-refractivity contribution in [2.45, 2.75) is 19.3 Å². The number of aliphatic carboxylic acids is 1. The van der Waals surface area contributed by atoms with Crippen LogP contribution in [0.5, 0.6) is 0 Å². The lowest BCUT2D eigenvalue weighted by molar-refractivity contribution is -0.142. The van der Waals surface area contributed by atoms with Crippen LogP contribution in [0.4, 0.5) is 0 Å². The van der Waals surface area contributed by atoms with Gasteiger partial charge in [0.05, 0.1) is 5.41 Å². The van der Waals surface area contributed by atoms with Crippen LogP contribution < -0.4 is 0 Å². The van der Waals surface area contributed by atoms with E-state index in [9.17, 15) is 9.90 Å². The van der Waals surface area contributed by atoms with E-state index < -0.39 is 11.4 Å². The molecule has 0 bridgehead atoms. The van der Waals surface area contributed by atoms with Gasteiger partial charge in [-0.1, -0.05) is 12.1 Å². The van der Waals surface area contributed by atoms with E-state index in [1.54, 1.807) is 13.8 Å². The van der Waals surface area contributed by atoms with Crippen molar-refractivity contribution in [2.24, 2.45) is 7.05 Å². The highest BCUT2D eigenvalue weighted by molar-refractivity contribution is 5.85. The summed E-state index contributed by atoms with van der Waals surface area (Å²) >= 11 is 0. The first-order valence-corrected chi connectivity index (χ1v) is 5.22. The van der Waals surface area contributed by atoms with Crippen molar-refractivity contribution in [1.82, 2.24) is 4.57 Å². The van der Waals surface area contributed by atoms with Crippen LogP contribution in [0.2, 0.25) is 0 Å². The maximum Gasteiger partial charge on any atom is 0.313 e. The van der Waals surface area contributed by atoms with Gasteiger partial charge >= 0.3 is 5.97 Å². The third-order valence-corrected chi connectivity index (χ3v) is 3.14. The normalized spacial score (nSPS) is 11.9. The Balaban J connectivity index is 2.62. The number of fused-ring (bicyclic) bond motifs is 1. The van der Waals surface area contributed by atoms with Gasteiger partial charge in [0.2, 0.25) is 0 Å². The lowest BCUT2D eigenvalue weighted by Crippen LogP contribution is -2.28. The molecule has 0 radical (unpaired) electrons. The summed E-state index contributed by atoms with van der Waals surface area (Å²) < 4.78 is 2.00. The lowest BCUT2D eigenvalue weighted by Gasteiger charge is -2.19. The number of benzene rings is 1. The average molecular weight is 217 g/mol. The van der Waals surface area contributed by atoms with Gasteiger partial charge in [0, 0.05) is 18.8 Å². The Kier molecular flexibility index (Phi) is 2.26. The first-order chi connectivity index (χ1) is 7.43. The summed E-state index contributed by atoms with van der Waals surface area (Å²) in [5.74, 6) is -0.805. The van der Waals surface area contributed by atoms with Crippen molar-refractivity contribution >= 4 is 16.9 Å². The van der Waals surface area contributed by atoms with Gasteiger partial charge in [0.25, 0.3) is 0 Å². The van der Waals surface area contributed by atoms with E-state index in [1.807, 2.05) is 42.1 Å². The highest BCUT2D eigenvalue weighted by atomic mass is 16.4. The van der Waals surface area contributed by atoms with Crippen molar-refractivity contribution in [3.8, 4) is 0 Å². The molecule has 1 N–H and O–H groups in total. The van der Waals surface area contributed by atoms with Crippen molar-refractivity contribution in [3.63, 3.8) is 0 Å². The number of nitrogens with zero attached hydrogens (tertiary/aromatic N) is 1. The SMILES string of the molecule is Cn1ccc2ccc(C(C)(C)C(=O)O)cc21. The molecule has 1 heterocycles. The number of aryl methyl sites for hydroxylation is 1. The zero-order valence-corrected chi connectivity index (χ0v) is 9.69. The number of carbonyl (C=O) groups is 1. The molecular formula is C13H15NO2. The minimum Gasteiger partial charge on any atom is -0.481 e. The predicted octanol–water partition coefficient (Wildman–Crippen LogP) is 2.54. The number of hydrogen-bond donors (Lipinski definition) is 1.